The summed E-state index contributed by atoms with van der Waals surface area (Å²) in [5.74, 6) is -1.48. The number of halogens is 1. The molecule has 0 spiro atoms. The highest BCUT2D eigenvalue weighted by Gasteiger charge is 2.25. The number of nitrogens with two attached hydrogens (primary N) is 1. The number of amides is 3. The SMILES string of the molecule is NC(=O)[C@@H](Cc1ccc(Br)cc1)NC(=O)[C@H](CO)NC(=O)OCc1ccccc1. The smallest absolute Gasteiger partial charge is 0.408 e. The van der Waals surface area contributed by atoms with E-state index in [1.807, 2.05) is 6.07 Å². The number of alkyl carbamates (subject to hydrolysis) is 1. The van der Waals surface area contributed by atoms with Gasteiger partial charge in [0, 0.05) is 10.9 Å². The number of carbonyl (C=O) groups is 3. The van der Waals surface area contributed by atoms with Crippen molar-refractivity contribution in [3.63, 3.8) is 0 Å². The highest BCUT2D eigenvalue weighted by atomic mass is 79.9. The lowest BCUT2D eigenvalue weighted by atomic mass is 10.1. The molecule has 0 aliphatic carbocycles. The fourth-order valence-corrected chi connectivity index (χ4v) is 2.72. The van der Waals surface area contributed by atoms with E-state index in [1.54, 1.807) is 48.5 Å². The number of aliphatic hydroxyl groups is 1. The molecule has 0 aliphatic heterocycles. The largest absolute Gasteiger partial charge is 0.445 e. The number of primary amides is 1. The molecule has 2 aromatic carbocycles. The highest BCUT2D eigenvalue weighted by Crippen LogP contribution is 2.12. The molecule has 0 fully saturated rings. The Labute approximate surface area is 176 Å². The Morgan fingerprint density at radius 1 is 0.966 bits per heavy atom. The number of hydrogen-bond donors (Lipinski definition) is 4. The van der Waals surface area contributed by atoms with E-state index in [9.17, 15) is 19.5 Å². The van der Waals surface area contributed by atoms with E-state index in [0.29, 0.717) is 0 Å². The first-order valence-electron chi connectivity index (χ1n) is 8.81. The molecule has 29 heavy (non-hydrogen) atoms. The van der Waals surface area contributed by atoms with E-state index in [0.717, 1.165) is 15.6 Å². The van der Waals surface area contributed by atoms with Gasteiger partial charge in [-0.3, -0.25) is 9.59 Å². The quantitative estimate of drug-likeness (QED) is 0.444. The van der Waals surface area contributed by atoms with Gasteiger partial charge in [-0.05, 0) is 23.3 Å². The Kier molecular flexibility index (Phi) is 8.63. The van der Waals surface area contributed by atoms with Gasteiger partial charge < -0.3 is 26.2 Å². The minimum Gasteiger partial charge on any atom is -0.445 e. The molecule has 9 heteroatoms. The average Bonchev–Trinajstić information content (AvgIpc) is 2.72. The van der Waals surface area contributed by atoms with E-state index < -0.39 is 36.6 Å². The van der Waals surface area contributed by atoms with Crippen LogP contribution in [0.4, 0.5) is 4.79 Å². The molecule has 2 rings (SSSR count). The topological polar surface area (TPSA) is 131 Å². The predicted molar refractivity (Wildman–Crippen MR) is 110 cm³/mol. The van der Waals surface area contributed by atoms with Crippen LogP contribution in [-0.2, 0) is 27.4 Å². The number of nitrogens with one attached hydrogen (secondary N) is 2. The lowest BCUT2D eigenvalue weighted by Gasteiger charge is -2.20. The maximum Gasteiger partial charge on any atom is 0.408 e. The van der Waals surface area contributed by atoms with E-state index >= 15 is 0 Å². The third-order valence-electron chi connectivity index (χ3n) is 4.02. The number of hydrogen-bond acceptors (Lipinski definition) is 5. The van der Waals surface area contributed by atoms with Crippen molar-refractivity contribution in [3.05, 3.63) is 70.2 Å². The zero-order chi connectivity index (χ0) is 21.2. The normalized spacial score (nSPS) is 12.5. The van der Waals surface area contributed by atoms with Gasteiger partial charge in [-0.15, -0.1) is 0 Å². The van der Waals surface area contributed by atoms with Crippen molar-refractivity contribution in [2.75, 3.05) is 6.61 Å². The number of aliphatic hydroxyl groups excluding tert-OH is 1. The zero-order valence-electron chi connectivity index (χ0n) is 15.5. The van der Waals surface area contributed by atoms with Gasteiger partial charge in [-0.1, -0.05) is 58.4 Å². The number of benzene rings is 2. The second kappa shape index (κ2) is 11.2. The fraction of sp³-hybridized carbons (Fsp3) is 0.250. The first-order chi connectivity index (χ1) is 13.9. The third kappa shape index (κ3) is 7.55. The van der Waals surface area contributed by atoms with Crippen molar-refractivity contribution in [1.82, 2.24) is 10.6 Å². The van der Waals surface area contributed by atoms with Gasteiger partial charge in [0.05, 0.1) is 6.61 Å². The molecular formula is C20H22BrN3O5. The minimum absolute atomic E-state index is 0.0138. The summed E-state index contributed by atoms with van der Waals surface area (Å²) >= 11 is 3.32. The molecule has 154 valence electrons. The van der Waals surface area contributed by atoms with Gasteiger partial charge in [0.1, 0.15) is 18.7 Å². The van der Waals surface area contributed by atoms with Crippen LogP contribution in [0.25, 0.3) is 0 Å². The molecule has 5 N–H and O–H groups in total. The molecule has 0 radical (unpaired) electrons. The molecule has 3 amide bonds. The Morgan fingerprint density at radius 3 is 2.21 bits per heavy atom. The monoisotopic (exact) mass is 463 g/mol. The molecule has 0 aliphatic rings. The van der Waals surface area contributed by atoms with E-state index in [1.165, 1.54) is 0 Å². The lowest BCUT2D eigenvalue weighted by molar-refractivity contribution is -0.129. The van der Waals surface area contributed by atoms with Crippen molar-refractivity contribution >= 4 is 33.8 Å². The van der Waals surface area contributed by atoms with Gasteiger partial charge in [0.2, 0.25) is 11.8 Å². The van der Waals surface area contributed by atoms with Gasteiger partial charge in [-0.2, -0.15) is 0 Å². The number of ether oxygens (including phenoxy) is 1. The van der Waals surface area contributed by atoms with E-state index in [-0.39, 0.29) is 13.0 Å². The summed E-state index contributed by atoms with van der Waals surface area (Å²) in [7, 11) is 0. The molecule has 8 nitrogen and oxygen atoms in total. The van der Waals surface area contributed by atoms with Crippen LogP contribution in [0.15, 0.2) is 59.1 Å². The van der Waals surface area contributed by atoms with Crippen molar-refractivity contribution in [2.24, 2.45) is 5.73 Å². The van der Waals surface area contributed by atoms with Crippen LogP contribution in [0, 0.1) is 0 Å². The first-order valence-corrected chi connectivity index (χ1v) is 9.60. The Balaban J connectivity index is 1.91. The number of carbonyl (C=O) groups excluding carboxylic acids is 3. The zero-order valence-corrected chi connectivity index (χ0v) is 17.1. The van der Waals surface area contributed by atoms with Crippen molar-refractivity contribution in [1.29, 1.82) is 0 Å². The van der Waals surface area contributed by atoms with Crippen molar-refractivity contribution in [2.45, 2.75) is 25.1 Å². The summed E-state index contributed by atoms with van der Waals surface area (Å²) in [6.07, 6.45) is -0.697. The highest BCUT2D eigenvalue weighted by molar-refractivity contribution is 9.10. The Bertz CT molecular complexity index is 830. The van der Waals surface area contributed by atoms with Crippen molar-refractivity contribution < 1.29 is 24.2 Å². The molecular weight excluding hydrogens is 442 g/mol. The summed E-state index contributed by atoms with van der Waals surface area (Å²) in [4.78, 5) is 36.0. The van der Waals surface area contributed by atoms with Gasteiger partial charge in [0.15, 0.2) is 0 Å². The predicted octanol–water partition coefficient (Wildman–Crippen LogP) is 1.25. The second-order valence-corrected chi connectivity index (χ2v) is 7.15. The Hall–Kier alpha value is -2.91. The fourth-order valence-electron chi connectivity index (χ4n) is 2.45. The van der Waals surface area contributed by atoms with Crippen LogP contribution < -0.4 is 16.4 Å². The maximum atomic E-state index is 12.4. The van der Waals surface area contributed by atoms with Gasteiger partial charge in [0.25, 0.3) is 0 Å². The number of rotatable bonds is 9. The second-order valence-electron chi connectivity index (χ2n) is 6.24. The molecule has 2 aromatic rings. The molecule has 0 unspecified atom stereocenters. The molecule has 0 bridgehead atoms. The lowest BCUT2D eigenvalue weighted by Crippen LogP contribution is -2.54. The first kappa shape index (κ1) is 22.4. The van der Waals surface area contributed by atoms with Gasteiger partial charge >= 0.3 is 6.09 Å². The third-order valence-corrected chi connectivity index (χ3v) is 4.55. The van der Waals surface area contributed by atoms with Crippen LogP contribution in [0.2, 0.25) is 0 Å². The van der Waals surface area contributed by atoms with Crippen LogP contribution in [0.5, 0.6) is 0 Å². The van der Waals surface area contributed by atoms with Crippen LogP contribution in [0.1, 0.15) is 11.1 Å². The standard InChI is InChI=1S/C20H22BrN3O5/c21-15-8-6-13(7-9-15)10-16(18(22)26)23-19(27)17(11-25)24-20(28)29-12-14-4-2-1-3-5-14/h1-9,16-17,25H,10-12H2,(H2,22,26)(H,23,27)(H,24,28)/t16-,17+/m1/s1. The van der Waals surface area contributed by atoms with E-state index in [2.05, 4.69) is 26.6 Å². The Morgan fingerprint density at radius 2 is 1.62 bits per heavy atom. The minimum atomic E-state index is -1.29. The maximum absolute atomic E-state index is 12.4. The van der Waals surface area contributed by atoms with Crippen LogP contribution in [-0.4, -0.2) is 41.7 Å². The molecule has 2 atom stereocenters. The van der Waals surface area contributed by atoms with Crippen molar-refractivity contribution in [3.8, 4) is 0 Å². The van der Waals surface area contributed by atoms with Crippen LogP contribution >= 0.6 is 15.9 Å². The van der Waals surface area contributed by atoms with E-state index in [4.69, 9.17) is 10.5 Å². The summed E-state index contributed by atoms with van der Waals surface area (Å²) < 4.78 is 5.91. The molecule has 0 saturated heterocycles. The molecule has 0 aromatic heterocycles. The summed E-state index contributed by atoms with van der Waals surface area (Å²) in [5.41, 5.74) is 6.94. The summed E-state index contributed by atoms with van der Waals surface area (Å²) in [6.45, 7) is -0.657. The van der Waals surface area contributed by atoms with Gasteiger partial charge in [-0.25, -0.2) is 4.79 Å². The molecule has 0 heterocycles. The average molecular weight is 464 g/mol. The summed E-state index contributed by atoms with van der Waals surface area (Å²) in [6, 6.07) is 13.9. The summed E-state index contributed by atoms with van der Waals surface area (Å²) in [5, 5.41) is 14.2. The van der Waals surface area contributed by atoms with Crippen LogP contribution in [0.3, 0.4) is 0 Å². The molecule has 0 saturated carbocycles.